The van der Waals surface area contributed by atoms with E-state index in [4.69, 9.17) is 0 Å². The molecular weight excluding hydrogens is 198 g/mol. The van der Waals surface area contributed by atoms with E-state index in [0.29, 0.717) is 17.7 Å². The van der Waals surface area contributed by atoms with Gasteiger partial charge in [-0.15, -0.1) is 0 Å². The monoisotopic (exact) mass is 217 g/mol. The Kier molecular flexibility index (Phi) is 2.40. The lowest BCUT2D eigenvalue weighted by molar-refractivity contribution is 0.143. The number of fused-ring (bicyclic) bond motifs is 3. The lowest BCUT2D eigenvalue weighted by Gasteiger charge is -2.43. The zero-order chi connectivity index (χ0) is 11.1. The highest BCUT2D eigenvalue weighted by molar-refractivity contribution is 5.44. The van der Waals surface area contributed by atoms with Crippen molar-refractivity contribution >= 4 is 0 Å². The van der Waals surface area contributed by atoms with E-state index in [-0.39, 0.29) is 0 Å². The number of benzene rings is 1. The van der Waals surface area contributed by atoms with E-state index in [9.17, 15) is 5.11 Å². The third-order valence-electron chi connectivity index (χ3n) is 4.33. The molecule has 2 nitrogen and oxygen atoms in total. The summed E-state index contributed by atoms with van der Waals surface area (Å²) in [6, 6.07) is 6.73. The zero-order valence-corrected chi connectivity index (χ0v) is 9.82. The first-order valence-electron chi connectivity index (χ1n) is 6.28. The van der Waals surface area contributed by atoms with Gasteiger partial charge in [0.1, 0.15) is 5.75 Å². The van der Waals surface area contributed by atoms with Crippen molar-refractivity contribution < 1.29 is 5.11 Å². The molecule has 0 amide bonds. The van der Waals surface area contributed by atoms with Gasteiger partial charge < -0.3 is 10.0 Å². The highest BCUT2D eigenvalue weighted by atomic mass is 16.3. The first kappa shape index (κ1) is 10.2. The van der Waals surface area contributed by atoms with Crippen LogP contribution in [-0.2, 0) is 6.42 Å². The lowest BCUT2D eigenvalue weighted by atomic mass is 9.74. The summed E-state index contributed by atoms with van der Waals surface area (Å²) >= 11 is 0. The molecule has 1 fully saturated rings. The van der Waals surface area contributed by atoms with Crippen LogP contribution in [0.1, 0.15) is 36.3 Å². The van der Waals surface area contributed by atoms with Gasteiger partial charge in [0.05, 0.1) is 0 Å². The molecule has 1 N–H and O–H groups in total. The molecule has 0 unspecified atom stereocenters. The predicted molar refractivity (Wildman–Crippen MR) is 64.8 cm³/mol. The molecule has 1 aromatic rings. The second-order valence-corrected chi connectivity index (χ2v) is 5.18. The SMILES string of the molecule is CN1CCC[C@@H]2c3cccc(O)c3CC[C@@H]21. The normalized spacial score (nSPS) is 29.6. The molecule has 1 aromatic carbocycles. The molecule has 2 atom stereocenters. The first-order valence-corrected chi connectivity index (χ1v) is 6.28. The molecule has 1 aliphatic heterocycles. The smallest absolute Gasteiger partial charge is 0.119 e. The van der Waals surface area contributed by atoms with E-state index >= 15 is 0 Å². The highest BCUT2D eigenvalue weighted by Crippen LogP contribution is 2.42. The minimum atomic E-state index is 0.504. The Balaban J connectivity index is 2.02. The number of likely N-dealkylation sites (tertiary alicyclic amines) is 1. The maximum Gasteiger partial charge on any atom is 0.119 e. The Morgan fingerprint density at radius 3 is 3.06 bits per heavy atom. The zero-order valence-electron chi connectivity index (χ0n) is 9.82. The lowest BCUT2D eigenvalue weighted by Crippen LogP contribution is -2.43. The Labute approximate surface area is 96.9 Å². The summed E-state index contributed by atoms with van der Waals surface area (Å²) in [5.74, 6) is 1.15. The molecule has 16 heavy (non-hydrogen) atoms. The number of hydrogen-bond donors (Lipinski definition) is 1. The first-order chi connectivity index (χ1) is 7.77. The van der Waals surface area contributed by atoms with E-state index in [1.165, 1.54) is 36.9 Å². The number of phenols is 1. The van der Waals surface area contributed by atoms with Crippen LogP contribution < -0.4 is 0 Å². The van der Waals surface area contributed by atoms with Crippen molar-refractivity contribution in [2.75, 3.05) is 13.6 Å². The molecular formula is C14H19NO. The largest absolute Gasteiger partial charge is 0.508 e. The summed E-state index contributed by atoms with van der Waals surface area (Å²) in [4.78, 5) is 2.50. The number of aromatic hydroxyl groups is 1. The van der Waals surface area contributed by atoms with Gasteiger partial charge in [0.15, 0.2) is 0 Å². The van der Waals surface area contributed by atoms with Crippen LogP contribution in [-0.4, -0.2) is 29.6 Å². The topological polar surface area (TPSA) is 23.5 Å². The molecule has 2 heteroatoms. The summed E-state index contributed by atoms with van der Waals surface area (Å²) in [5, 5.41) is 9.90. The quantitative estimate of drug-likeness (QED) is 0.722. The van der Waals surface area contributed by atoms with Crippen LogP contribution in [0.3, 0.4) is 0 Å². The third-order valence-corrected chi connectivity index (χ3v) is 4.33. The van der Waals surface area contributed by atoms with Gasteiger partial charge in [-0.1, -0.05) is 12.1 Å². The van der Waals surface area contributed by atoms with Crippen LogP contribution in [0.25, 0.3) is 0 Å². The molecule has 1 saturated heterocycles. The highest BCUT2D eigenvalue weighted by Gasteiger charge is 2.35. The number of likely N-dealkylation sites (N-methyl/N-ethyl adjacent to an activating group) is 1. The van der Waals surface area contributed by atoms with Gasteiger partial charge in [-0.2, -0.15) is 0 Å². The Morgan fingerprint density at radius 2 is 2.19 bits per heavy atom. The van der Waals surface area contributed by atoms with E-state index in [0.717, 1.165) is 6.42 Å². The number of phenolic OH excluding ortho intramolecular Hbond substituents is 1. The second kappa shape index (κ2) is 3.77. The molecule has 0 saturated carbocycles. The molecule has 0 bridgehead atoms. The van der Waals surface area contributed by atoms with Crippen LogP contribution in [0.5, 0.6) is 5.75 Å². The summed E-state index contributed by atoms with van der Waals surface area (Å²) in [7, 11) is 2.24. The molecule has 0 radical (unpaired) electrons. The van der Waals surface area contributed by atoms with Crippen molar-refractivity contribution in [2.45, 2.75) is 37.6 Å². The Bertz CT molecular complexity index is 402. The van der Waals surface area contributed by atoms with Gasteiger partial charge in [-0.05, 0) is 62.4 Å². The number of piperidine rings is 1. The van der Waals surface area contributed by atoms with Crippen LogP contribution in [0, 0.1) is 0 Å². The van der Waals surface area contributed by atoms with Gasteiger partial charge in [0, 0.05) is 6.04 Å². The fraction of sp³-hybridized carbons (Fsp3) is 0.571. The maximum atomic E-state index is 9.90. The van der Waals surface area contributed by atoms with Gasteiger partial charge in [-0.25, -0.2) is 0 Å². The van der Waals surface area contributed by atoms with Crippen LogP contribution >= 0.6 is 0 Å². The average Bonchev–Trinajstić information content (AvgIpc) is 2.30. The summed E-state index contributed by atoms with van der Waals surface area (Å²) < 4.78 is 0. The summed E-state index contributed by atoms with van der Waals surface area (Å²) in [5.41, 5.74) is 2.61. The minimum absolute atomic E-state index is 0.504. The van der Waals surface area contributed by atoms with E-state index in [2.05, 4.69) is 18.0 Å². The van der Waals surface area contributed by atoms with Gasteiger partial charge in [0.25, 0.3) is 0 Å². The van der Waals surface area contributed by atoms with Gasteiger partial charge in [0.2, 0.25) is 0 Å². The average molecular weight is 217 g/mol. The van der Waals surface area contributed by atoms with Crippen molar-refractivity contribution in [3.63, 3.8) is 0 Å². The van der Waals surface area contributed by atoms with Crippen molar-refractivity contribution in [1.82, 2.24) is 4.90 Å². The fourth-order valence-electron chi connectivity index (χ4n) is 3.51. The van der Waals surface area contributed by atoms with E-state index in [1.54, 1.807) is 0 Å². The van der Waals surface area contributed by atoms with Crippen LogP contribution in [0.15, 0.2) is 18.2 Å². The predicted octanol–water partition coefficient (Wildman–Crippen LogP) is 2.52. The fourth-order valence-corrected chi connectivity index (χ4v) is 3.51. The van der Waals surface area contributed by atoms with E-state index in [1.807, 2.05) is 12.1 Å². The molecule has 86 valence electrons. The molecule has 1 aliphatic carbocycles. The van der Waals surface area contributed by atoms with Crippen LogP contribution in [0.4, 0.5) is 0 Å². The standard InChI is InChI=1S/C14H19NO/c1-15-9-3-5-11-10-4-2-6-14(16)12(10)7-8-13(11)15/h2,4,6,11,13,16H,3,5,7-9H2,1H3/t11-,13+/m1/s1. The van der Waals surface area contributed by atoms with Crippen molar-refractivity contribution in [3.8, 4) is 5.75 Å². The minimum Gasteiger partial charge on any atom is -0.508 e. The Hall–Kier alpha value is -1.02. The Morgan fingerprint density at radius 1 is 1.31 bits per heavy atom. The number of nitrogens with zero attached hydrogens (tertiary/aromatic N) is 1. The molecule has 0 spiro atoms. The van der Waals surface area contributed by atoms with Crippen molar-refractivity contribution in [2.24, 2.45) is 0 Å². The summed E-state index contributed by atoms with van der Waals surface area (Å²) in [6.45, 7) is 1.23. The van der Waals surface area contributed by atoms with Gasteiger partial charge >= 0.3 is 0 Å². The number of rotatable bonds is 0. The van der Waals surface area contributed by atoms with E-state index < -0.39 is 0 Å². The molecule has 0 aromatic heterocycles. The summed E-state index contributed by atoms with van der Waals surface area (Å²) in [6.07, 6.45) is 4.80. The third kappa shape index (κ3) is 1.44. The number of hydrogen-bond acceptors (Lipinski definition) is 2. The van der Waals surface area contributed by atoms with Crippen molar-refractivity contribution in [1.29, 1.82) is 0 Å². The van der Waals surface area contributed by atoms with Crippen LogP contribution in [0.2, 0.25) is 0 Å². The van der Waals surface area contributed by atoms with Crippen molar-refractivity contribution in [3.05, 3.63) is 29.3 Å². The maximum absolute atomic E-state index is 9.90. The second-order valence-electron chi connectivity index (χ2n) is 5.18. The molecule has 1 heterocycles. The molecule has 3 rings (SSSR count). The molecule has 2 aliphatic rings. The van der Waals surface area contributed by atoms with Gasteiger partial charge in [-0.3, -0.25) is 0 Å².